The van der Waals surface area contributed by atoms with Crippen molar-refractivity contribution in [1.29, 1.82) is 0 Å². The number of carbonyl (C=O) groups is 2. The van der Waals surface area contributed by atoms with Crippen LogP contribution in [0.1, 0.15) is 36.0 Å². The minimum absolute atomic E-state index is 0.00997. The lowest BCUT2D eigenvalue weighted by atomic mass is 10.1. The molecular formula is C26H30N4O5. The molecule has 0 aliphatic heterocycles. The Hall–Kier alpha value is -4.08. The van der Waals surface area contributed by atoms with Gasteiger partial charge < -0.3 is 34.7 Å². The van der Waals surface area contributed by atoms with Crippen LogP contribution in [-0.4, -0.2) is 46.4 Å². The van der Waals surface area contributed by atoms with E-state index in [2.05, 4.69) is 0 Å². The minimum Gasteiger partial charge on any atom is -0.487 e. The second-order valence-corrected chi connectivity index (χ2v) is 8.13. The third-order valence-corrected chi connectivity index (χ3v) is 5.20. The number of nitrogens with zero attached hydrogens (tertiary/aromatic N) is 2. The quantitative estimate of drug-likeness (QED) is 0.166. The van der Waals surface area contributed by atoms with Crippen LogP contribution in [0.3, 0.4) is 0 Å². The van der Waals surface area contributed by atoms with Gasteiger partial charge in [0.15, 0.2) is 6.23 Å². The fourth-order valence-corrected chi connectivity index (χ4v) is 3.52. The van der Waals surface area contributed by atoms with E-state index in [1.165, 1.54) is 11.1 Å². The molecule has 0 spiro atoms. The van der Waals surface area contributed by atoms with Gasteiger partial charge >= 0.3 is 0 Å². The largest absolute Gasteiger partial charge is 0.487 e. The fourth-order valence-electron chi connectivity index (χ4n) is 3.52. The minimum atomic E-state index is -1.27. The maximum absolute atomic E-state index is 13.4. The summed E-state index contributed by atoms with van der Waals surface area (Å²) in [5.74, 6) is 6.36. The van der Waals surface area contributed by atoms with Crippen LogP contribution in [0.25, 0.3) is 11.3 Å². The molecule has 2 aromatic carbocycles. The lowest BCUT2D eigenvalue weighted by molar-refractivity contribution is -0.108. The summed E-state index contributed by atoms with van der Waals surface area (Å²) in [6.07, 6.45) is 2.36. The van der Waals surface area contributed by atoms with E-state index in [9.17, 15) is 14.7 Å². The predicted molar refractivity (Wildman–Crippen MR) is 132 cm³/mol. The van der Waals surface area contributed by atoms with Gasteiger partial charge in [-0.3, -0.25) is 4.79 Å². The maximum Gasteiger partial charge on any atom is 0.256 e. The highest BCUT2D eigenvalue weighted by atomic mass is 16.5. The zero-order chi connectivity index (χ0) is 25.4. The zero-order valence-electron chi connectivity index (χ0n) is 19.7. The van der Waals surface area contributed by atoms with Crippen molar-refractivity contribution in [3.05, 3.63) is 90.0 Å². The van der Waals surface area contributed by atoms with E-state index >= 15 is 0 Å². The van der Waals surface area contributed by atoms with E-state index in [1.54, 1.807) is 60.9 Å². The predicted octanol–water partition coefficient (Wildman–Crippen LogP) is 3.04. The van der Waals surface area contributed by atoms with Gasteiger partial charge in [-0.15, -0.1) is 0 Å². The lowest BCUT2D eigenvalue weighted by Crippen LogP contribution is -2.40. The molecule has 1 atom stereocenters. The van der Waals surface area contributed by atoms with Crippen LogP contribution in [0, 0.1) is 0 Å². The first-order valence-corrected chi connectivity index (χ1v) is 11.1. The fraction of sp³-hybridized carbons (Fsp3) is 0.231. The van der Waals surface area contributed by atoms with Gasteiger partial charge in [-0.2, -0.15) is 0 Å². The molecule has 0 saturated carbocycles. The maximum atomic E-state index is 13.4. The SMILES string of the molecule is CC(C)N(C(=O)c1ccc(-c2ccco2)cc1)C(O)c1ccccc1OC/C(N)=C/N(N)CC=O. The van der Waals surface area contributed by atoms with Gasteiger partial charge in [0.25, 0.3) is 5.91 Å². The van der Waals surface area contributed by atoms with Crippen molar-refractivity contribution in [2.45, 2.75) is 26.1 Å². The molecule has 1 heterocycles. The van der Waals surface area contributed by atoms with Gasteiger partial charge in [0, 0.05) is 28.9 Å². The Kier molecular flexibility index (Phi) is 8.66. The van der Waals surface area contributed by atoms with E-state index < -0.39 is 6.23 Å². The molecular weight excluding hydrogens is 448 g/mol. The Morgan fingerprint density at radius 2 is 1.83 bits per heavy atom. The molecule has 9 nitrogen and oxygen atoms in total. The Balaban J connectivity index is 1.80. The highest BCUT2D eigenvalue weighted by molar-refractivity contribution is 5.95. The van der Waals surface area contributed by atoms with Gasteiger partial charge in [-0.25, -0.2) is 5.84 Å². The molecule has 184 valence electrons. The molecule has 1 unspecified atom stereocenters. The molecule has 0 fully saturated rings. The molecule has 0 saturated heterocycles. The van der Waals surface area contributed by atoms with Crippen molar-refractivity contribution in [3.8, 4) is 17.1 Å². The Morgan fingerprint density at radius 3 is 2.46 bits per heavy atom. The summed E-state index contributed by atoms with van der Waals surface area (Å²) in [6.45, 7) is 3.61. The van der Waals surface area contributed by atoms with Gasteiger partial charge in [0.2, 0.25) is 0 Å². The van der Waals surface area contributed by atoms with Crippen molar-refractivity contribution in [2.24, 2.45) is 11.6 Å². The first-order chi connectivity index (χ1) is 16.8. The van der Waals surface area contributed by atoms with Crippen LogP contribution in [0.5, 0.6) is 5.75 Å². The number of para-hydroxylation sites is 1. The molecule has 0 radical (unpaired) electrons. The number of ether oxygens (including phenoxy) is 1. The number of hydrogen-bond donors (Lipinski definition) is 3. The van der Waals surface area contributed by atoms with Crippen LogP contribution >= 0.6 is 0 Å². The van der Waals surface area contributed by atoms with E-state index in [0.29, 0.717) is 28.9 Å². The summed E-state index contributed by atoms with van der Waals surface area (Å²) in [6, 6.07) is 17.2. The first-order valence-electron chi connectivity index (χ1n) is 11.1. The summed E-state index contributed by atoms with van der Waals surface area (Å²) < 4.78 is 11.2. The number of nitrogens with two attached hydrogens (primary N) is 2. The van der Waals surface area contributed by atoms with E-state index in [4.69, 9.17) is 20.7 Å². The number of aliphatic hydroxyl groups is 1. The summed E-state index contributed by atoms with van der Waals surface area (Å²) in [5.41, 5.74) is 7.89. The van der Waals surface area contributed by atoms with Crippen molar-refractivity contribution >= 4 is 12.2 Å². The monoisotopic (exact) mass is 478 g/mol. The number of hydrazine groups is 1. The molecule has 0 bridgehead atoms. The second-order valence-electron chi connectivity index (χ2n) is 8.13. The van der Waals surface area contributed by atoms with Crippen LogP contribution < -0.4 is 16.3 Å². The highest BCUT2D eigenvalue weighted by Crippen LogP contribution is 2.31. The van der Waals surface area contributed by atoms with Gasteiger partial charge in [0.1, 0.15) is 24.4 Å². The Labute approximate surface area is 204 Å². The van der Waals surface area contributed by atoms with Crippen molar-refractivity contribution in [1.82, 2.24) is 9.91 Å². The normalized spacial score (nSPS) is 12.3. The molecule has 5 N–H and O–H groups in total. The van der Waals surface area contributed by atoms with Gasteiger partial charge in [-0.1, -0.05) is 30.3 Å². The third kappa shape index (κ3) is 6.50. The first kappa shape index (κ1) is 25.5. The number of aldehydes is 1. The van der Waals surface area contributed by atoms with E-state index in [1.807, 2.05) is 19.9 Å². The van der Waals surface area contributed by atoms with E-state index in [0.717, 1.165) is 10.6 Å². The van der Waals surface area contributed by atoms with Crippen LogP contribution in [0.2, 0.25) is 0 Å². The second kappa shape index (κ2) is 11.9. The molecule has 3 aromatic rings. The average Bonchev–Trinajstić information content (AvgIpc) is 3.38. The van der Waals surface area contributed by atoms with Crippen LogP contribution in [0.15, 0.2) is 83.2 Å². The molecule has 0 aliphatic carbocycles. The topological polar surface area (TPSA) is 135 Å². The number of furan rings is 1. The smallest absolute Gasteiger partial charge is 0.256 e. The summed E-state index contributed by atoms with van der Waals surface area (Å²) in [5, 5.41) is 12.4. The van der Waals surface area contributed by atoms with Crippen LogP contribution in [-0.2, 0) is 4.79 Å². The number of benzene rings is 2. The molecule has 3 rings (SSSR count). The molecule has 9 heteroatoms. The number of aliphatic hydroxyl groups excluding tert-OH is 1. The summed E-state index contributed by atoms with van der Waals surface area (Å²) in [7, 11) is 0. The molecule has 1 amide bonds. The number of amides is 1. The third-order valence-electron chi connectivity index (χ3n) is 5.20. The Morgan fingerprint density at radius 1 is 1.11 bits per heavy atom. The molecule has 1 aromatic heterocycles. The van der Waals surface area contributed by atoms with Gasteiger partial charge in [-0.05, 0) is 44.2 Å². The standard InChI is InChI=1S/C26H30N4O5/c1-18(2)30(25(32)20-11-9-19(10-12-20)23-8-5-15-34-23)26(33)22-6-3-4-7-24(22)35-17-21(27)16-29(28)13-14-31/h3-12,14-16,18,26,33H,13,17,27-28H2,1-2H3/b21-16-. The lowest BCUT2D eigenvalue weighted by Gasteiger charge is -2.32. The summed E-state index contributed by atoms with van der Waals surface area (Å²) >= 11 is 0. The number of hydrogen-bond acceptors (Lipinski definition) is 8. The summed E-state index contributed by atoms with van der Waals surface area (Å²) in [4.78, 5) is 25.3. The average molecular weight is 479 g/mol. The Bertz CT molecular complexity index is 1140. The van der Waals surface area contributed by atoms with E-state index in [-0.39, 0.29) is 30.8 Å². The van der Waals surface area contributed by atoms with Gasteiger partial charge in [0.05, 0.1) is 18.5 Å². The van der Waals surface area contributed by atoms with Crippen molar-refractivity contribution in [2.75, 3.05) is 13.2 Å². The number of rotatable bonds is 11. The van der Waals surface area contributed by atoms with Crippen LogP contribution in [0.4, 0.5) is 0 Å². The molecule has 0 aliphatic rings. The zero-order valence-corrected chi connectivity index (χ0v) is 19.7. The van der Waals surface area contributed by atoms with Crippen molar-refractivity contribution < 1.29 is 23.8 Å². The number of carbonyl (C=O) groups excluding carboxylic acids is 2. The highest BCUT2D eigenvalue weighted by Gasteiger charge is 2.29. The molecule has 35 heavy (non-hydrogen) atoms. The van der Waals surface area contributed by atoms with Crippen molar-refractivity contribution in [3.63, 3.8) is 0 Å².